The zero-order valence-corrected chi connectivity index (χ0v) is 13.0. The molecule has 0 aliphatic carbocycles. The van der Waals surface area contributed by atoms with Crippen LogP contribution in [0.25, 0.3) is 0 Å². The first-order valence-electron chi connectivity index (χ1n) is 7.02. The van der Waals surface area contributed by atoms with Crippen molar-refractivity contribution in [3.8, 4) is 0 Å². The second-order valence-corrected chi connectivity index (χ2v) is 5.01. The number of hydrogen-bond acceptors (Lipinski definition) is 4. The van der Waals surface area contributed by atoms with Crippen molar-refractivity contribution in [1.82, 2.24) is 4.90 Å². The second-order valence-electron chi connectivity index (χ2n) is 5.01. The van der Waals surface area contributed by atoms with Crippen molar-refractivity contribution in [1.29, 1.82) is 0 Å². The van der Waals surface area contributed by atoms with Gasteiger partial charge < -0.3 is 11.1 Å². The maximum atomic E-state index is 11.6. The third-order valence-electron chi connectivity index (χ3n) is 3.34. The molecular weight excluding hydrogens is 306 g/mol. The number of nitrogens with two attached hydrogens (primary N) is 1. The monoisotopic (exact) mass is 325 g/mol. The minimum atomic E-state index is -0.126. The highest BCUT2D eigenvalue weighted by Crippen LogP contribution is 2.17. The van der Waals surface area contributed by atoms with Crippen LogP contribution in [-0.2, 0) is 20.9 Å². The number of halogens is 1. The third-order valence-corrected chi connectivity index (χ3v) is 3.34. The van der Waals surface area contributed by atoms with Crippen molar-refractivity contribution in [2.75, 3.05) is 11.9 Å². The quantitative estimate of drug-likeness (QED) is 0.774. The highest BCUT2D eigenvalue weighted by atomic mass is 35.5. The predicted molar refractivity (Wildman–Crippen MR) is 85.4 cm³/mol. The van der Waals surface area contributed by atoms with Gasteiger partial charge in [0.25, 0.3) is 0 Å². The van der Waals surface area contributed by atoms with E-state index in [4.69, 9.17) is 5.73 Å². The van der Waals surface area contributed by atoms with Crippen LogP contribution in [0.4, 0.5) is 5.69 Å². The highest BCUT2D eigenvalue weighted by Gasteiger charge is 2.28. The lowest BCUT2D eigenvalue weighted by Crippen LogP contribution is -2.28. The number of nitrogens with zero attached hydrogens (tertiary/aromatic N) is 1. The van der Waals surface area contributed by atoms with Gasteiger partial charge in [0, 0.05) is 24.9 Å². The van der Waals surface area contributed by atoms with Gasteiger partial charge in [-0.1, -0.05) is 12.1 Å². The number of hydrogen-bond donors (Lipinski definition) is 2. The maximum Gasteiger partial charge on any atom is 0.229 e. The van der Waals surface area contributed by atoms with E-state index in [0.717, 1.165) is 5.56 Å². The standard InChI is InChI=1S/C15H19N3O3.ClH/c16-9-1-2-13(19)17-12-5-3-11(4-6-12)10-18-14(20)7-8-15(18)21;/h3-6H,1-2,7-10,16H2,(H,17,19);1H. The molecule has 1 aromatic carbocycles. The molecule has 0 unspecified atom stereocenters. The molecule has 0 saturated carbocycles. The number of rotatable bonds is 6. The van der Waals surface area contributed by atoms with Gasteiger partial charge in [-0.15, -0.1) is 12.4 Å². The van der Waals surface area contributed by atoms with E-state index in [2.05, 4.69) is 5.32 Å². The van der Waals surface area contributed by atoms with Crippen LogP contribution in [0.15, 0.2) is 24.3 Å². The molecule has 22 heavy (non-hydrogen) atoms. The molecule has 2 rings (SSSR count). The SMILES string of the molecule is Cl.NCCCC(=O)Nc1ccc(CN2C(=O)CCC2=O)cc1. The first-order chi connectivity index (χ1) is 10.1. The second kappa shape index (κ2) is 8.51. The molecule has 1 aliphatic heterocycles. The molecule has 1 heterocycles. The summed E-state index contributed by atoms with van der Waals surface area (Å²) in [5.74, 6) is -0.323. The zero-order chi connectivity index (χ0) is 15.2. The summed E-state index contributed by atoms with van der Waals surface area (Å²) in [6.45, 7) is 0.781. The van der Waals surface area contributed by atoms with Gasteiger partial charge in [0.1, 0.15) is 0 Å². The third kappa shape index (κ3) is 4.82. The molecule has 1 saturated heterocycles. The number of benzene rings is 1. The molecule has 1 fully saturated rings. The molecule has 3 amide bonds. The van der Waals surface area contributed by atoms with Crippen molar-refractivity contribution < 1.29 is 14.4 Å². The van der Waals surface area contributed by atoms with Crippen molar-refractivity contribution in [3.05, 3.63) is 29.8 Å². The molecular formula is C15H20ClN3O3. The molecule has 1 aliphatic rings. The summed E-state index contributed by atoms with van der Waals surface area (Å²) in [5.41, 5.74) is 6.90. The number of amides is 3. The fourth-order valence-electron chi connectivity index (χ4n) is 2.16. The number of likely N-dealkylation sites (tertiary alicyclic amines) is 1. The molecule has 6 nitrogen and oxygen atoms in total. The van der Waals surface area contributed by atoms with Crippen molar-refractivity contribution in [3.63, 3.8) is 0 Å². The van der Waals surface area contributed by atoms with E-state index in [-0.39, 0.29) is 30.1 Å². The molecule has 0 bridgehead atoms. The van der Waals surface area contributed by atoms with E-state index in [9.17, 15) is 14.4 Å². The Bertz CT molecular complexity index is 529. The number of imide groups is 1. The zero-order valence-electron chi connectivity index (χ0n) is 12.2. The van der Waals surface area contributed by atoms with Crippen LogP contribution >= 0.6 is 12.4 Å². The average molecular weight is 326 g/mol. The van der Waals surface area contributed by atoms with Crippen LogP contribution in [-0.4, -0.2) is 29.2 Å². The Morgan fingerprint density at radius 1 is 1.14 bits per heavy atom. The summed E-state index contributed by atoms with van der Waals surface area (Å²) in [5, 5.41) is 2.77. The van der Waals surface area contributed by atoms with E-state index < -0.39 is 0 Å². The van der Waals surface area contributed by atoms with E-state index in [1.165, 1.54) is 4.90 Å². The van der Waals surface area contributed by atoms with Crippen LogP contribution in [0, 0.1) is 0 Å². The Morgan fingerprint density at radius 3 is 2.27 bits per heavy atom. The van der Waals surface area contributed by atoms with Gasteiger partial charge in [0.2, 0.25) is 17.7 Å². The van der Waals surface area contributed by atoms with Crippen LogP contribution in [0.1, 0.15) is 31.2 Å². The smallest absolute Gasteiger partial charge is 0.229 e. The molecule has 7 heteroatoms. The fraction of sp³-hybridized carbons (Fsp3) is 0.400. The largest absolute Gasteiger partial charge is 0.330 e. The summed E-state index contributed by atoms with van der Waals surface area (Å²) < 4.78 is 0. The molecule has 0 atom stereocenters. The molecule has 1 aromatic rings. The Hall–Kier alpha value is -1.92. The Kier molecular flexibility index (Phi) is 7.01. The summed E-state index contributed by atoms with van der Waals surface area (Å²) in [7, 11) is 0. The number of carbonyl (C=O) groups is 3. The summed E-state index contributed by atoms with van der Waals surface area (Å²) >= 11 is 0. The number of carbonyl (C=O) groups excluding carboxylic acids is 3. The van der Waals surface area contributed by atoms with Crippen LogP contribution < -0.4 is 11.1 Å². The molecule has 0 radical (unpaired) electrons. The van der Waals surface area contributed by atoms with Crippen molar-refractivity contribution >= 4 is 35.8 Å². The lowest BCUT2D eigenvalue weighted by atomic mass is 10.2. The highest BCUT2D eigenvalue weighted by molar-refractivity contribution is 6.01. The van der Waals surface area contributed by atoms with E-state index in [1.54, 1.807) is 24.3 Å². The Morgan fingerprint density at radius 2 is 1.73 bits per heavy atom. The normalized spacial score (nSPS) is 14.0. The van der Waals surface area contributed by atoms with Crippen LogP contribution in [0.3, 0.4) is 0 Å². The van der Waals surface area contributed by atoms with Gasteiger partial charge in [-0.25, -0.2) is 0 Å². The van der Waals surface area contributed by atoms with Crippen LogP contribution in [0.5, 0.6) is 0 Å². The molecule has 3 N–H and O–H groups in total. The van der Waals surface area contributed by atoms with Gasteiger partial charge in [-0.2, -0.15) is 0 Å². The number of anilines is 1. The van der Waals surface area contributed by atoms with Gasteiger partial charge in [0.05, 0.1) is 6.54 Å². The summed E-state index contributed by atoms with van der Waals surface area (Å²) in [4.78, 5) is 35.9. The molecule has 0 aromatic heterocycles. The van der Waals surface area contributed by atoms with Crippen LogP contribution in [0.2, 0.25) is 0 Å². The Balaban J connectivity index is 0.00000242. The van der Waals surface area contributed by atoms with E-state index >= 15 is 0 Å². The lowest BCUT2D eigenvalue weighted by molar-refractivity contribution is -0.139. The first kappa shape index (κ1) is 18.1. The number of nitrogens with one attached hydrogen (secondary N) is 1. The lowest BCUT2D eigenvalue weighted by Gasteiger charge is -2.14. The Labute approximate surface area is 135 Å². The van der Waals surface area contributed by atoms with Crippen molar-refractivity contribution in [2.45, 2.75) is 32.2 Å². The molecule has 0 spiro atoms. The molecule has 120 valence electrons. The minimum Gasteiger partial charge on any atom is -0.330 e. The van der Waals surface area contributed by atoms with Gasteiger partial charge in [-0.05, 0) is 30.7 Å². The average Bonchev–Trinajstić information content (AvgIpc) is 2.79. The minimum absolute atomic E-state index is 0. The van der Waals surface area contributed by atoms with Gasteiger partial charge in [0.15, 0.2) is 0 Å². The topological polar surface area (TPSA) is 92.5 Å². The van der Waals surface area contributed by atoms with E-state index in [1.807, 2.05) is 0 Å². The van der Waals surface area contributed by atoms with Gasteiger partial charge >= 0.3 is 0 Å². The summed E-state index contributed by atoms with van der Waals surface area (Å²) in [6, 6.07) is 7.14. The van der Waals surface area contributed by atoms with E-state index in [0.29, 0.717) is 44.5 Å². The first-order valence-corrected chi connectivity index (χ1v) is 7.02. The predicted octanol–water partition coefficient (Wildman–Crippen LogP) is 1.43. The maximum absolute atomic E-state index is 11.6. The van der Waals surface area contributed by atoms with Gasteiger partial charge in [-0.3, -0.25) is 19.3 Å². The summed E-state index contributed by atoms with van der Waals surface area (Å²) in [6.07, 6.45) is 1.65. The van der Waals surface area contributed by atoms with Crippen molar-refractivity contribution in [2.24, 2.45) is 5.73 Å². The fourth-order valence-corrected chi connectivity index (χ4v) is 2.16.